The molecule has 2 rings (SSSR count). The molecule has 0 bridgehead atoms. The summed E-state index contributed by atoms with van der Waals surface area (Å²) in [5.41, 5.74) is 0.920. The molecule has 0 atom stereocenters. The first-order valence-corrected chi connectivity index (χ1v) is 7.53. The molecule has 0 aromatic carbocycles. The second-order valence-electron chi connectivity index (χ2n) is 4.65. The highest BCUT2D eigenvalue weighted by Crippen LogP contribution is 2.30. The Labute approximate surface area is 106 Å². The highest BCUT2D eigenvalue weighted by Gasteiger charge is 2.15. The van der Waals surface area contributed by atoms with Gasteiger partial charge in [0.1, 0.15) is 5.82 Å². The maximum Gasteiger partial charge on any atom is 0.251 e. The molecule has 17 heavy (non-hydrogen) atoms. The lowest BCUT2D eigenvalue weighted by Gasteiger charge is -2.08. The van der Waals surface area contributed by atoms with E-state index in [-0.39, 0.29) is 5.56 Å². The van der Waals surface area contributed by atoms with Crippen molar-refractivity contribution in [3.8, 4) is 0 Å². The monoisotopic (exact) mass is 252 g/mol. The normalized spacial score (nSPS) is 16.5. The van der Waals surface area contributed by atoms with Gasteiger partial charge in [0.25, 0.3) is 5.56 Å². The molecule has 1 saturated carbocycles. The van der Waals surface area contributed by atoms with Gasteiger partial charge in [-0.25, -0.2) is 4.98 Å². The molecule has 0 spiro atoms. The van der Waals surface area contributed by atoms with Crippen LogP contribution in [0.5, 0.6) is 0 Å². The fraction of sp³-hybridized carbons (Fsp3) is 0.692. The molecule has 0 amide bonds. The first-order chi connectivity index (χ1) is 8.28. The number of aromatic amines is 1. The molecule has 1 N–H and O–H groups in total. The van der Waals surface area contributed by atoms with Crippen LogP contribution in [0.2, 0.25) is 0 Å². The van der Waals surface area contributed by atoms with Gasteiger partial charge in [0.15, 0.2) is 0 Å². The molecule has 1 heterocycles. The fourth-order valence-corrected chi connectivity index (χ4v) is 3.46. The summed E-state index contributed by atoms with van der Waals surface area (Å²) in [7, 11) is 0. The third kappa shape index (κ3) is 3.87. The third-order valence-electron chi connectivity index (χ3n) is 3.11. The zero-order chi connectivity index (χ0) is 12.1. The summed E-state index contributed by atoms with van der Waals surface area (Å²) in [5, 5.41) is 0.773. The maximum atomic E-state index is 11.5. The molecule has 94 valence electrons. The number of H-pyrrole nitrogens is 1. The average Bonchev–Trinajstić information content (AvgIpc) is 2.79. The predicted octanol–water partition coefficient (Wildman–Crippen LogP) is 2.90. The van der Waals surface area contributed by atoms with Crippen molar-refractivity contribution in [1.82, 2.24) is 9.97 Å². The Morgan fingerprint density at radius 2 is 2.24 bits per heavy atom. The zero-order valence-electron chi connectivity index (χ0n) is 10.4. The van der Waals surface area contributed by atoms with Crippen molar-refractivity contribution in [2.45, 2.75) is 56.5 Å². The van der Waals surface area contributed by atoms with E-state index in [1.807, 2.05) is 11.8 Å². The second-order valence-corrected chi connectivity index (χ2v) is 5.94. The van der Waals surface area contributed by atoms with Crippen LogP contribution in [-0.4, -0.2) is 15.2 Å². The van der Waals surface area contributed by atoms with E-state index in [4.69, 9.17) is 0 Å². The molecule has 1 fully saturated rings. The quantitative estimate of drug-likeness (QED) is 0.876. The van der Waals surface area contributed by atoms with Crippen LogP contribution in [0.4, 0.5) is 0 Å². The lowest BCUT2D eigenvalue weighted by Crippen LogP contribution is -2.12. The van der Waals surface area contributed by atoms with Crippen molar-refractivity contribution in [2.75, 3.05) is 0 Å². The van der Waals surface area contributed by atoms with Crippen molar-refractivity contribution in [3.05, 3.63) is 27.9 Å². The fourth-order valence-electron chi connectivity index (χ4n) is 2.27. The van der Waals surface area contributed by atoms with Crippen molar-refractivity contribution in [3.63, 3.8) is 0 Å². The molecule has 1 aromatic heterocycles. The second kappa shape index (κ2) is 6.24. The van der Waals surface area contributed by atoms with E-state index in [0.29, 0.717) is 0 Å². The van der Waals surface area contributed by atoms with Gasteiger partial charge in [-0.05, 0) is 19.3 Å². The predicted molar refractivity (Wildman–Crippen MR) is 72.4 cm³/mol. The number of nitrogens with one attached hydrogen (secondary N) is 1. The van der Waals surface area contributed by atoms with E-state index in [0.717, 1.165) is 35.4 Å². The maximum absolute atomic E-state index is 11.5. The van der Waals surface area contributed by atoms with E-state index >= 15 is 0 Å². The van der Waals surface area contributed by atoms with Gasteiger partial charge in [-0.2, -0.15) is 11.8 Å². The van der Waals surface area contributed by atoms with Crippen LogP contribution in [-0.2, 0) is 12.2 Å². The van der Waals surface area contributed by atoms with Crippen LogP contribution in [0.25, 0.3) is 0 Å². The van der Waals surface area contributed by atoms with Gasteiger partial charge in [0, 0.05) is 17.0 Å². The Bertz CT molecular complexity index is 410. The Morgan fingerprint density at radius 3 is 2.94 bits per heavy atom. The molecule has 0 aliphatic heterocycles. The zero-order valence-corrected chi connectivity index (χ0v) is 11.2. The summed E-state index contributed by atoms with van der Waals surface area (Å²) in [6.07, 6.45) is 7.29. The van der Waals surface area contributed by atoms with Crippen LogP contribution >= 0.6 is 11.8 Å². The Hall–Kier alpha value is -0.770. The number of aromatic nitrogens is 2. The van der Waals surface area contributed by atoms with Crippen molar-refractivity contribution in [1.29, 1.82) is 0 Å². The lowest BCUT2D eigenvalue weighted by atomic mass is 10.2. The van der Waals surface area contributed by atoms with Gasteiger partial charge in [0.2, 0.25) is 0 Å². The minimum Gasteiger partial charge on any atom is -0.310 e. The first-order valence-electron chi connectivity index (χ1n) is 6.48. The average molecular weight is 252 g/mol. The number of nitrogens with zero attached hydrogens (tertiary/aromatic N) is 1. The summed E-state index contributed by atoms with van der Waals surface area (Å²) in [6.45, 7) is 2.11. The third-order valence-corrected chi connectivity index (χ3v) is 4.49. The minimum absolute atomic E-state index is 0.00882. The van der Waals surface area contributed by atoms with Crippen LogP contribution < -0.4 is 5.56 Å². The summed E-state index contributed by atoms with van der Waals surface area (Å²) < 4.78 is 0. The first kappa shape index (κ1) is 12.7. The number of rotatable bonds is 5. The summed E-state index contributed by atoms with van der Waals surface area (Å²) >= 11 is 1.94. The highest BCUT2D eigenvalue weighted by molar-refractivity contribution is 7.99. The highest BCUT2D eigenvalue weighted by atomic mass is 32.2. The van der Waals surface area contributed by atoms with E-state index < -0.39 is 0 Å². The van der Waals surface area contributed by atoms with Gasteiger partial charge in [-0.3, -0.25) is 4.79 Å². The summed E-state index contributed by atoms with van der Waals surface area (Å²) in [5.74, 6) is 1.69. The summed E-state index contributed by atoms with van der Waals surface area (Å²) in [6, 6.07) is 1.62. The van der Waals surface area contributed by atoms with Crippen LogP contribution in [0.3, 0.4) is 0 Å². The van der Waals surface area contributed by atoms with E-state index in [9.17, 15) is 4.79 Å². The molecule has 1 aliphatic carbocycles. The number of aryl methyl sites for hydroxylation is 1. The molecule has 3 nitrogen and oxygen atoms in total. The SMILES string of the molecule is CCCc1cc(=O)[nH]c(CSC2CCCC2)n1. The molecule has 0 saturated heterocycles. The van der Waals surface area contributed by atoms with Gasteiger partial charge in [-0.15, -0.1) is 0 Å². The molecule has 0 radical (unpaired) electrons. The van der Waals surface area contributed by atoms with E-state index in [1.54, 1.807) is 6.07 Å². The molecule has 4 heteroatoms. The number of hydrogen-bond acceptors (Lipinski definition) is 3. The number of hydrogen-bond donors (Lipinski definition) is 1. The van der Waals surface area contributed by atoms with Crippen LogP contribution in [0, 0.1) is 0 Å². The molecule has 1 aromatic rings. The van der Waals surface area contributed by atoms with Crippen LogP contribution in [0.15, 0.2) is 10.9 Å². The van der Waals surface area contributed by atoms with Crippen molar-refractivity contribution < 1.29 is 0 Å². The van der Waals surface area contributed by atoms with E-state index in [1.165, 1.54) is 25.7 Å². The molecular formula is C13H20N2OS. The Morgan fingerprint density at radius 1 is 1.47 bits per heavy atom. The lowest BCUT2D eigenvalue weighted by molar-refractivity contribution is 0.842. The van der Waals surface area contributed by atoms with Gasteiger partial charge in [0.05, 0.1) is 5.75 Å². The largest absolute Gasteiger partial charge is 0.310 e. The van der Waals surface area contributed by atoms with Gasteiger partial charge in [-0.1, -0.05) is 26.2 Å². The van der Waals surface area contributed by atoms with E-state index in [2.05, 4.69) is 16.9 Å². The molecular weight excluding hydrogens is 232 g/mol. The molecule has 0 unspecified atom stereocenters. The smallest absolute Gasteiger partial charge is 0.251 e. The van der Waals surface area contributed by atoms with Crippen LogP contribution in [0.1, 0.15) is 50.5 Å². The topological polar surface area (TPSA) is 45.8 Å². The standard InChI is InChI=1S/C13H20N2OS/c1-2-5-10-8-13(16)15-12(14-10)9-17-11-6-3-4-7-11/h8,11H,2-7,9H2,1H3,(H,14,15,16). The van der Waals surface area contributed by atoms with Gasteiger partial charge >= 0.3 is 0 Å². The van der Waals surface area contributed by atoms with Gasteiger partial charge < -0.3 is 4.98 Å². The number of thioether (sulfide) groups is 1. The molecule has 1 aliphatic rings. The Kier molecular flexibility index (Phi) is 4.66. The van der Waals surface area contributed by atoms with Crippen molar-refractivity contribution in [2.24, 2.45) is 0 Å². The minimum atomic E-state index is -0.00882. The Balaban J connectivity index is 1.96. The van der Waals surface area contributed by atoms with Crippen molar-refractivity contribution >= 4 is 11.8 Å². The summed E-state index contributed by atoms with van der Waals surface area (Å²) in [4.78, 5) is 18.8.